The minimum absolute atomic E-state index is 0.454. The maximum absolute atomic E-state index is 5.87. The fourth-order valence-corrected chi connectivity index (χ4v) is 2.97. The van der Waals surface area contributed by atoms with E-state index in [4.69, 9.17) is 4.74 Å². The molecule has 1 saturated heterocycles. The second-order valence-electron chi connectivity index (χ2n) is 6.33. The average molecular weight is 255 g/mol. The topological polar surface area (TPSA) is 21.3 Å². The van der Waals surface area contributed by atoms with Crippen LogP contribution in [0, 0.1) is 5.41 Å². The van der Waals surface area contributed by atoms with Crippen molar-refractivity contribution in [1.82, 2.24) is 5.32 Å². The van der Waals surface area contributed by atoms with Crippen LogP contribution in [-0.4, -0.2) is 25.3 Å². The molecule has 0 aromatic carbocycles. The van der Waals surface area contributed by atoms with Crippen LogP contribution in [0.15, 0.2) is 0 Å². The molecule has 108 valence electrons. The lowest BCUT2D eigenvalue weighted by Crippen LogP contribution is -2.39. The van der Waals surface area contributed by atoms with E-state index in [1.54, 1.807) is 0 Å². The van der Waals surface area contributed by atoms with E-state index < -0.39 is 0 Å². The van der Waals surface area contributed by atoms with Crippen molar-refractivity contribution in [1.29, 1.82) is 0 Å². The first-order chi connectivity index (χ1) is 8.62. The van der Waals surface area contributed by atoms with Gasteiger partial charge in [-0.1, -0.05) is 40.5 Å². The van der Waals surface area contributed by atoms with E-state index in [9.17, 15) is 0 Å². The van der Waals surface area contributed by atoms with Gasteiger partial charge in [-0.25, -0.2) is 0 Å². The van der Waals surface area contributed by atoms with Gasteiger partial charge >= 0.3 is 0 Å². The Hall–Kier alpha value is -0.0800. The Morgan fingerprint density at radius 3 is 2.61 bits per heavy atom. The SMILES string of the molecule is CCCCC(CC)(CNC(C)C)CC1CCCO1. The lowest BCUT2D eigenvalue weighted by atomic mass is 9.75. The van der Waals surface area contributed by atoms with Crippen molar-refractivity contribution in [2.24, 2.45) is 5.41 Å². The molecule has 1 aliphatic heterocycles. The third-order valence-corrected chi connectivity index (χ3v) is 4.38. The Morgan fingerprint density at radius 2 is 2.11 bits per heavy atom. The average Bonchev–Trinajstić information content (AvgIpc) is 2.85. The van der Waals surface area contributed by atoms with Gasteiger partial charge < -0.3 is 10.1 Å². The zero-order valence-electron chi connectivity index (χ0n) is 12.9. The van der Waals surface area contributed by atoms with Crippen molar-refractivity contribution in [2.45, 2.75) is 84.8 Å². The van der Waals surface area contributed by atoms with Gasteiger partial charge in [-0.05, 0) is 37.5 Å². The van der Waals surface area contributed by atoms with Gasteiger partial charge in [0.05, 0.1) is 6.10 Å². The fraction of sp³-hybridized carbons (Fsp3) is 1.00. The molecular formula is C16H33NO. The monoisotopic (exact) mass is 255 g/mol. The first-order valence-electron chi connectivity index (χ1n) is 7.97. The molecule has 0 radical (unpaired) electrons. The second-order valence-corrected chi connectivity index (χ2v) is 6.33. The smallest absolute Gasteiger partial charge is 0.0581 e. The van der Waals surface area contributed by atoms with Crippen LogP contribution in [0.1, 0.15) is 72.6 Å². The number of rotatable bonds is 9. The molecule has 1 rings (SSSR count). The Balaban J connectivity index is 2.56. The number of unbranched alkanes of at least 4 members (excludes halogenated alkanes) is 1. The van der Waals surface area contributed by atoms with Gasteiger partial charge in [0, 0.05) is 19.2 Å². The van der Waals surface area contributed by atoms with E-state index in [1.165, 1.54) is 44.9 Å². The lowest BCUT2D eigenvalue weighted by Gasteiger charge is -2.36. The summed E-state index contributed by atoms with van der Waals surface area (Å²) in [6.07, 6.45) is 9.58. The van der Waals surface area contributed by atoms with Gasteiger partial charge in [-0.2, -0.15) is 0 Å². The Morgan fingerprint density at radius 1 is 1.33 bits per heavy atom. The highest BCUT2D eigenvalue weighted by Gasteiger charge is 2.32. The largest absolute Gasteiger partial charge is 0.378 e. The predicted molar refractivity (Wildman–Crippen MR) is 79.0 cm³/mol. The minimum atomic E-state index is 0.454. The van der Waals surface area contributed by atoms with Crippen LogP contribution in [0.5, 0.6) is 0 Å². The molecule has 0 aromatic heterocycles. The summed E-state index contributed by atoms with van der Waals surface area (Å²) in [4.78, 5) is 0. The van der Waals surface area contributed by atoms with Crippen molar-refractivity contribution in [3.63, 3.8) is 0 Å². The molecule has 1 heterocycles. The normalized spacial score (nSPS) is 23.5. The minimum Gasteiger partial charge on any atom is -0.378 e. The summed E-state index contributed by atoms with van der Waals surface area (Å²) in [6, 6.07) is 0.585. The van der Waals surface area contributed by atoms with E-state index in [1.807, 2.05) is 0 Å². The molecule has 1 aliphatic rings. The number of ether oxygens (including phenoxy) is 1. The Bertz CT molecular complexity index is 211. The van der Waals surface area contributed by atoms with Gasteiger partial charge in [-0.3, -0.25) is 0 Å². The van der Waals surface area contributed by atoms with Crippen LogP contribution in [-0.2, 0) is 4.74 Å². The summed E-state index contributed by atoms with van der Waals surface area (Å²) >= 11 is 0. The van der Waals surface area contributed by atoms with E-state index in [0.29, 0.717) is 17.6 Å². The van der Waals surface area contributed by atoms with Crippen LogP contribution in [0.4, 0.5) is 0 Å². The third kappa shape index (κ3) is 5.27. The molecule has 2 heteroatoms. The maximum Gasteiger partial charge on any atom is 0.0581 e. The molecule has 2 nitrogen and oxygen atoms in total. The van der Waals surface area contributed by atoms with Crippen molar-refractivity contribution in [3.8, 4) is 0 Å². The summed E-state index contributed by atoms with van der Waals surface area (Å²) in [7, 11) is 0. The standard InChI is InChI=1S/C16H33NO/c1-5-7-10-16(6-2,13-17-14(3)4)12-15-9-8-11-18-15/h14-15,17H,5-13H2,1-4H3. The second kappa shape index (κ2) is 8.16. The van der Waals surface area contributed by atoms with Crippen molar-refractivity contribution < 1.29 is 4.74 Å². The van der Waals surface area contributed by atoms with Gasteiger partial charge in [0.2, 0.25) is 0 Å². The molecule has 0 saturated carbocycles. The zero-order valence-corrected chi connectivity index (χ0v) is 12.9. The van der Waals surface area contributed by atoms with Crippen LogP contribution in [0.25, 0.3) is 0 Å². The van der Waals surface area contributed by atoms with Crippen molar-refractivity contribution in [2.75, 3.05) is 13.2 Å². The highest BCUT2D eigenvalue weighted by atomic mass is 16.5. The molecule has 0 bridgehead atoms. The van der Waals surface area contributed by atoms with E-state index >= 15 is 0 Å². The molecule has 0 aliphatic carbocycles. The molecule has 0 spiro atoms. The van der Waals surface area contributed by atoms with E-state index in [0.717, 1.165) is 13.2 Å². The third-order valence-electron chi connectivity index (χ3n) is 4.38. The van der Waals surface area contributed by atoms with Crippen LogP contribution in [0.2, 0.25) is 0 Å². The van der Waals surface area contributed by atoms with E-state index in [-0.39, 0.29) is 0 Å². The molecule has 0 aromatic rings. The molecule has 1 fully saturated rings. The first kappa shape index (κ1) is 16.0. The quantitative estimate of drug-likeness (QED) is 0.668. The number of nitrogens with one attached hydrogen (secondary N) is 1. The molecule has 2 unspecified atom stereocenters. The summed E-state index contributed by atoms with van der Waals surface area (Å²) in [5.41, 5.74) is 0.454. The molecule has 1 N–H and O–H groups in total. The van der Waals surface area contributed by atoms with Gasteiger partial charge in [-0.15, -0.1) is 0 Å². The van der Waals surface area contributed by atoms with Crippen LogP contribution >= 0.6 is 0 Å². The summed E-state index contributed by atoms with van der Waals surface area (Å²) in [5.74, 6) is 0. The first-order valence-corrected chi connectivity index (χ1v) is 7.97. The summed E-state index contributed by atoms with van der Waals surface area (Å²) in [6.45, 7) is 11.3. The zero-order chi connectivity index (χ0) is 13.4. The summed E-state index contributed by atoms with van der Waals surface area (Å²) < 4.78 is 5.87. The Kier molecular flexibility index (Phi) is 7.25. The maximum atomic E-state index is 5.87. The van der Waals surface area contributed by atoms with Crippen LogP contribution in [0.3, 0.4) is 0 Å². The lowest BCUT2D eigenvalue weighted by molar-refractivity contribution is 0.0524. The van der Waals surface area contributed by atoms with E-state index in [2.05, 4.69) is 33.0 Å². The fourth-order valence-electron chi connectivity index (χ4n) is 2.97. The Labute approximate surface area is 114 Å². The highest BCUT2D eigenvalue weighted by Crippen LogP contribution is 2.36. The molecule has 2 atom stereocenters. The highest BCUT2D eigenvalue weighted by molar-refractivity contribution is 4.85. The summed E-state index contributed by atoms with van der Waals surface area (Å²) in [5, 5.41) is 3.66. The predicted octanol–water partition coefficient (Wildman–Crippen LogP) is 4.14. The van der Waals surface area contributed by atoms with Gasteiger partial charge in [0.25, 0.3) is 0 Å². The van der Waals surface area contributed by atoms with Crippen molar-refractivity contribution in [3.05, 3.63) is 0 Å². The van der Waals surface area contributed by atoms with Crippen molar-refractivity contribution >= 4 is 0 Å². The van der Waals surface area contributed by atoms with Gasteiger partial charge in [0.1, 0.15) is 0 Å². The molecule has 0 amide bonds. The van der Waals surface area contributed by atoms with Gasteiger partial charge in [0.15, 0.2) is 0 Å². The number of hydrogen-bond acceptors (Lipinski definition) is 2. The number of hydrogen-bond donors (Lipinski definition) is 1. The molecule has 18 heavy (non-hydrogen) atoms. The van der Waals surface area contributed by atoms with Crippen LogP contribution < -0.4 is 5.32 Å². The molecular weight excluding hydrogens is 222 g/mol.